The second kappa shape index (κ2) is 14.3. The van der Waals surface area contributed by atoms with E-state index in [1.807, 2.05) is 16.7 Å². The quantitative estimate of drug-likeness (QED) is 0.100. The lowest BCUT2D eigenvalue weighted by Crippen LogP contribution is -2.40. The van der Waals surface area contributed by atoms with Crippen molar-refractivity contribution in [1.82, 2.24) is 19.2 Å². The van der Waals surface area contributed by atoms with Gasteiger partial charge in [0.15, 0.2) is 11.6 Å². The van der Waals surface area contributed by atoms with E-state index in [1.165, 1.54) is 17.0 Å². The SMILES string of the molecule is Cc1cc(OC2=CCC(C)C(F)=C2F)ccc1-n1ncc(C(=O)c2cc3cc(C(=O)N4CCOCC4)ccc3n2COCC[Si](C)(C)C)c1N. The molecule has 2 N–H and O–H groups in total. The fourth-order valence-electron chi connectivity index (χ4n) is 6.03. The Morgan fingerprint density at radius 3 is 2.56 bits per heavy atom. The first-order chi connectivity index (χ1) is 23.8. The summed E-state index contributed by atoms with van der Waals surface area (Å²) in [5.74, 6) is -2.49. The molecule has 4 aromatic rings. The second-order valence-electron chi connectivity index (χ2n) is 14.1. The monoisotopic (exact) mass is 703 g/mol. The molecule has 10 nitrogen and oxygen atoms in total. The zero-order valence-corrected chi connectivity index (χ0v) is 30.1. The standard InChI is InChI=1S/C37H43F2N5O5Si/c1-23-6-11-32(34(39)33(23)38)49-27-8-10-29(24(2)18-27)44-36(40)28(21-41-44)35(45)31-20-26-19-25(37(46)42-12-14-47-15-13-42)7-9-30(26)43(31)22-48-16-17-50(3,4)5/h7-11,18-21,23H,6,12-17,22,40H2,1-5H3. The van der Waals surface area contributed by atoms with E-state index in [1.54, 1.807) is 49.1 Å². The van der Waals surface area contributed by atoms with Gasteiger partial charge in [-0.25, -0.2) is 9.07 Å². The average Bonchev–Trinajstić information content (AvgIpc) is 3.66. The zero-order valence-electron chi connectivity index (χ0n) is 29.1. The molecule has 2 aliphatic rings. The highest BCUT2D eigenvalue weighted by molar-refractivity contribution is 6.76. The zero-order chi connectivity index (χ0) is 35.7. The van der Waals surface area contributed by atoms with Crippen molar-refractivity contribution in [3.05, 3.63) is 94.5 Å². The smallest absolute Gasteiger partial charge is 0.254 e. The number of amides is 1. The first-order valence-electron chi connectivity index (χ1n) is 16.8. The maximum Gasteiger partial charge on any atom is 0.254 e. The molecule has 1 saturated heterocycles. The van der Waals surface area contributed by atoms with Crippen molar-refractivity contribution in [1.29, 1.82) is 0 Å². The molecule has 1 fully saturated rings. The van der Waals surface area contributed by atoms with Gasteiger partial charge in [-0.05, 0) is 73.5 Å². The molecule has 1 amide bonds. The number of aryl methyl sites for hydroxylation is 1. The molecule has 50 heavy (non-hydrogen) atoms. The van der Waals surface area contributed by atoms with Gasteiger partial charge < -0.3 is 29.4 Å². The van der Waals surface area contributed by atoms with Crippen molar-refractivity contribution in [3.63, 3.8) is 0 Å². The number of morpholine rings is 1. The second-order valence-corrected chi connectivity index (χ2v) is 19.7. The Bertz CT molecular complexity index is 2000. The van der Waals surface area contributed by atoms with Crippen LogP contribution in [0.15, 0.2) is 72.2 Å². The minimum absolute atomic E-state index is 0.0849. The van der Waals surface area contributed by atoms with Crippen LogP contribution in [0.2, 0.25) is 25.7 Å². The molecule has 0 spiro atoms. The van der Waals surface area contributed by atoms with Gasteiger partial charge in [0.2, 0.25) is 5.78 Å². The van der Waals surface area contributed by atoms with E-state index in [0.717, 1.165) is 16.9 Å². The number of anilines is 1. The van der Waals surface area contributed by atoms with Crippen molar-refractivity contribution < 1.29 is 32.6 Å². The summed E-state index contributed by atoms with van der Waals surface area (Å²) in [5.41, 5.74) is 9.70. The summed E-state index contributed by atoms with van der Waals surface area (Å²) in [6.45, 7) is 13.0. The molecule has 13 heteroatoms. The summed E-state index contributed by atoms with van der Waals surface area (Å²) in [4.78, 5) is 29.3. The summed E-state index contributed by atoms with van der Waals surface area (Å²) >= 11 is 0. The summed E-state index contributed by atoms with van der Waals surface area (Å²) in [7, 11) is -1.35. The predicted molar refractivity (Wildman–Crippen MR) is 191 cm³/mol. The van der Waals surface area contributed by atoms with E-state index in [-0.39, 0.29) is 35.6 Å². The van der Waals surface area contributed by atoms with Crippen LogP contribution < -0.4 is 10.5 Å². The van der Waals surface area contributed by atoms with Crippen LogP contribution in [0.25, 0.3) is 16.6 Å². The average molecular weight is 704 g/mol. The van der Waals surface area contributed by atoms with Crippen LogP contribution in [0, 0.1) is 12.8 Å². The predicted octanol–water partition coefficient (Wildman–Crippen LogP) is 7.19. The van der Waals surface area contributed by atoms with Gasteiger partial charge in [-0.15, -0.1) is 0 Å². The van der Waals surface area contributed by atoms with Gasteiger partial charge in [0.25, 0.3) is 5.91 Å². The number of halogens is 2. The molecule has 1 unspecified atom stereocenters. The van der Waals surface area contributed by atoms with Crippen LogP contribution in [0.1, 0.15) is 45.3 Å². The van der Waals surface area contributed by atoms with Crippen molar-refractivity contribution in [2.24, 2.45) is 5.92 Å². The van der Waals surface area contributed by atoms with E-state index < -0.39 is 25.6 Å². The van der Waals surface area contributed by atoms with Gasteiger partial charge in [0.05, 0.1) is 41.9 Å². The topological polar surface area (TPSA) is 114 Å². The molecule has 6 rings (SSSR count). The van der Waals surface area contributed by atoms with Gasteiger partial charge in [-0.3, -0.25) is 9.59 Å². The summed E-state index contributed by atoms with van der Waals surface area (Å²) in [6.07, 6.45) is 3.30. The van der Waals surface area contributed by atoms with Crippen molar-refractivity contribution in [2.75, 3.05) is 38.6 Å². The number of hydrogen-bond donors (Lipinski definition) is 1. The molecular formula is C37H43F2N5O5Si. The van der Waals surface area contributed by atoms with Gasteiger partial charge in [0.1, 0.15) is 24.1 Å². The number of ketones is 1. The Hall–Kier alpha value is -4.59. The lowest BCUT2D eigenvalue weighted by molar-refractivity contribution is 0.0303. The number of nitrogens with zero attached hydrogens (tertiary/aromatic N) is 4. The summed E-state index contributed by atoms with van der Waals surface area (Å²) in [5, 5.41) is 5.18. The highest BCUT2D eigenvalue weighted by Crippen LogP contribution is 2.34. The Kier molecular flexibility index (Phi) is 10.1. The number of nitrogen functional groups attached to an aromatic ring is 1. The maximum absolute atomic E-state index is 14.5. The number of aromatic nitrogens is 3. The van der Waals surface area contributed by atoms with Crippen LogP contribution in [-0.2, 0) is 16.2 Å². The maximum atomic E-state index is 14.5. The molecule has 2 aromatic carbocycles. The molecule has 1 aliphatic heterocycles. The van der Waals surface area contributed by atoms with Crippen LogP contribution in [-0.4, -0.2) is 71.9 Å². The van der Waals surface area contributed by atoms with Crippen LogP contribution in [0.4, 0.5) is 14.6 Å². The fraction of sp³-hybridized carbons (Fsp3) is 0.378. The van der Waals surface area contributed by atoms with Crippen LogP contribution >= 0.6 is 0 Å². The number of benzene rings is 2. The number of allylic oxidation sites excluding steroid dienone is 3. The van der Waals surface area contributed by atoms with Gasteiger partial charge in [0, 0.05) is 44.6 Å². The van der Waals surface area contributed by atoms with Gasteiger partial charge >= 0.3 is 0 Å². The molecule has 264 valence electrons. The van der Waals surface area contributed by atoms with E-state index >= 15 is 0 Å². The Labute approximate surface area is 291 Å². The van der Waals surface area contributed by atoms with Gasteiger partial charge in [-0.1, -0.05) is 26.6 Å². The number of carbonyl (C=O) groups excluding carboxylic acids is 2. The van der Waals surface area contributed by atoms with Crippen molar-refractivity contribution >= 4 is 36.5 Å². The first kappa shape index (κ1) is 35.2. The highest BCUT2D eigenvalue weighted by atomic mass is 28.3. The number of ether oxygens (including phenoxy) is 3. The summed E-state index contributed by atoms with van der Waals surface area (Å²) < 4.78 is 49.1. The third-order valence-corrected chi connectivity index (χ3v) is 10.8. The summed E-state index contributed by atoms with van der Waals surface area (Å²) in [6, 6.07) is 13.2. The first-order valence-corrected chi connectivity index (χ1v) is 20.5. The van der Waals surface area contributed by atoms with Gasteiger partial charge in [-0.2, -0.15) is 9.49 Å². The molecule has 3 heterocycles. The third-order valence-electron chi connectivity index (χ3n) is 9.09. The number of fused-ring (bicyclic) bond motifs is 1. The minimum Gasteiger partial charge on any atom is -0.455 e. The van der Waals surface area contributed by atoms with E-state index in [2.05, 4.69) is 24.7 Å². The largest absolute Gasteiger partial charge is 0.455 e. The third kappa shape index (κ3) is 7.30. The van der Waals surface area contributed by atoms with Crippen LogP contribution in [0.3, 0.4) is 0 Å². The van der Waals surface area contributed by atoms with E-state index in [0.29, 0.717) is 67.6 Å². The molecule has 0 saturated carbocycles. The molecule has 1 atom stereocenters. The Morgan fingerprint density at radius 2 is 1.84 bits per heavy atom. The van der Waals surface area contributed by atoms with E-state index in [9.17, 15) is 18.4 Å². The van der Waals surface area contributed by atoms with Crippen molar-refractivity contribution in [3.8, 4) is 11.4 Å². The normalized spacial score (nSPS) is 17.0. The number of hydrogen-bond acceptors (Lipinski definition) is 7. The molecule has 0 radical (unpaired) electrons. The number of rotatable bonds is 11. The lowest BCUT2D eigenvalue weighted by Gasteiger charge is -2.26. The highest BCUT2D eigenvalue weighted by Gasteiger charge is 2.26. The molecule has 0 bridgehead atoms. The fourth-order valence-corrected chi connectivity index (χ4v) is 6.79. The van der Waals surface area contributed by atoms with Crippen molar-refractivity contribution in [2.45, 2.75) is 52.7 Å². The number of nitrogens with two attached hydrogens (primary N) is 1. The lowest BCUT2D eigenvalue weighted by atomic mass is 10.0. The number of carbonyl (C=O) groups is 2. The molecule has 2 aromatic heterocycles. The molecular weight excluding hydrogens is 661 g/mol. The van der Waals surface area contributed by atoms with E-state index in [4.69, 9.17) is 19.9 Å². The van der Waals surface area contributed by atoms with Crippen LogP contribution in [0.5, 0.6) is 5.75 Å². The minimum atomic E-state index is -1.35. The Balaban J connectivity index is 1.29. The Morgan fingerprint density at radius 1 is 1.08 bits per heavy atom. The molecule has 1 aliphatic carbocycles.